The van der Waals surface area contributed by atoms with Crippen LogP contribution >= 0.6 is 0 Å². The van der Waals surface area contributed by atoms with E-state index in [-0.39, 0.29) is 0 Å². The van der Waals surface area contributed by atoms with E-state index in [0.29, 0.717) is 6.10 Å². The molecule has 1 rings (SSSR count). The van der Waals surface area contributed by atoms with E-state index < -0.39 is 0 Å². The highest BCUT2D eigenvalue weighted by Gasteiger charge is 2.18. The largest absolute Gasteiger partial charge is 0.377 e. The van der Waals surface area contributed by atoms with Gasteiger partial charge in [-0.25, -0.2) is 0 Å². The molecule has 1 fully saturated rings. The van der Waals surface area contributed by atoms with Gasteiger partial charge in [0, 0.05) is 26.2 Å². The Labute approximate surface area is 81.2 Å². The molecule has 2 N–H and O–H groups in total. The van der Waals surface area contributed by atoms with Crippen LogP contribution < -0.4 is 5.73 Å². The Hall–Kier alpha value is -0.120. The van der Waals surface area contributed by atoms with Gasteiger partial charge in [0.2, 0.25) is 0 Å². The average Bonchev–Trinajstić information content (AvgIpc) is 2.58. The van der Waals surface area contributed by atoms with Crippen LogP contribution in [0, 0.1) is 0 Å². The first-order chi connectivity index (χ1) is 6.36. The third kappa shape index (κ3) is 4.07. The van der Waals surface area contributed by atoms with Crippen LogP contribution in [0.4, 0.5) is 0 Å². The normalized spacial score (nSPS) is 22.8. The molecule has 1 atom stereocenters. The number of nitrogens with zero attached hydrogens (tertiary/aromatic N) is 1. The summed E-state index contributed by atoms with van der Waals surface area (Å²) in [5, 5.41) is 0. The molecule has 0 aromatic rings. The van der Waals surface area contributed by atoms with Crippen molar-refractivity contribution in [3.8, 4) is 0 Å². The highest BCUT2D eigenvalue weighted by molar-refractivity contribution is 4.70. The van der Waals surface area contributed by atoms with Crippen molar-refractivity contribution in [2.24, 2.45) is 5.73 Å². The lowest BCUT2D eigenvalue weighted by Gasteiger charge is -2.23. The van der Waals surface area contributed by atoms with Gasteiger partial charge in [-0.05, 0) is 25.8 Å². The smallest absolute Gasteiger partial charge is 0.0702 e. The summed E-state index contributed by atoms with van der Waals surface area (Å²) in [7, 11) is 0. The molecule has 78 valence electrons. The van der Waals surface area contributed by atoms with Crippen LogP contribution in [0.3, 0.4) is 0 Å². The van der Waals surface area contributed by atoms with Gasteiger partial charge < -0.3 is 10.5 Å². The average molecular weight is 186 g/mol. The minimum Gasteiger partial charge on any atom is -0.377 e. The predicted molar refractivity (Wildman–Crippen MR) is 54.8 cm³/mol. The van der Waals surface area contributed by atoms with Gasteiger partial charge in [0.05, 0.1) is 6.10 Å². The summed E-state index contributed by atoms with van der Waals surface area (Å²) in [6, 6.07) is 0. The molecular weight excluding hydrogens is 164 g/mol. The van der Waals surface area contributed by atoms with E-state index in [1.807, 2.05) is 0 Å². The molecule has 0 aromatic carbocycles. The second-order valence-corrected chi connectivity index (χ2v) is 3.72. The molecule has 0 saturated carbocycles. The van der Waals surface area contributed by atoms with Crippen molar-refractivity contribution in [2.45, 2.75) is 32.3 Å². The lowest BCUT2D eigenvalue weighted by molar-refractivity contribution is 0.0741. The minimum atomic E-state index is 0.470. The molecule has 0 aliphatic carbocycles. The van der Waals surface area contributed by atoms with E-state index in [1.165, 1.54) is 19.3 Å². The maximum absolute atomic E-state index is 5.59. The van der Waals surface area contributed by atoms with E-state index in [0.717, 1.165) is 32.8 Å². The van der Waals surface area contributed by atoms with Crippen LogP contribution in [-0.4, -0.2) is 43.8 Å². The van der Waals surface area contributed by atoms with Gasteiger partial charge in [0.1, 0.15) is 0 Å². The maximum Gasteiger partial charge on any atom is 0.0702 e. The minimum absolute atomic E-state index is 0.470. The highest BCUT2D eigenvalue weighted by Crippen LogP contribution is 2.13. The van der Waals surface area contributed by atoms with Crippen molar-refractivity contribution in [3.63, 3.8) is 0 Å². The van der Waals surface area contributed by atoms with E-state index in [9.17, 15) is 0 Å². The zero-order valence-corrected chi connectivity index (χ0v) is 8.67. The second-order valence-electron chi connectivity index (χ2n) is 3.72. The van der Waals surface area contributed by atoms with Crippen LogP contribution in [-0.2, 0) is 4.74 Å². The first kappa shape index (κ1) is 11.0. The molecule has 3 nitrogen and oxygen atoms in total. The Morgan fingerprint density at radius 3 is 2.85 bits per heavy atom. The summed E-state index contributed by atoms with van der Waals surface area (Å²) in [4.78, 5) is 2.41. The van der Waals surface area contributed by atoms with Crippen LogP contribution in [0.15, 0.2) is 0 Å². The molecule has 1 unspecified atom stereocenters. The standard InChI is InChI=1S/C10H22N2O/c1-2-6-12(7-5-11)9-10-4-3-8-13-10/h10H,2-9,11H2,1H3. The van der Waals surface area contributed by atoms with E-state index in [4.69, 9.17) is 10.5 Å². The molecule has 13 heavy (non-hydrogen) atoms. The number of hydrogen-bond donors (Lipinski definition) is 1. The van der Waals surface area contributed by atoms with Gasteiger partial charge in [-0.3, -0.25) is 4.90 Å². The van der Waals surface area contributed by atoms with Crippen molar-refractivity contribution in [1.82, 2.24) is 4.90 Å². The molecule has 0 spiro atoms. The zero-order valence-electron chi connectivity index (χ0n) is 8.67. The summed E-state index contributed by atoms with van der Waals surface area (Å²) >= 11 is 0. The Kier molecular flexibility index (Phi) is 5.35. The Bertz CT molecular complexity index is 118. The fraction of sp³-hybridized carbons (Fsp3) is 1.00. The summed E-state index contributed by atoms with van der Waals surface area (Å²) in [5.41, 5.74) is 5.55. The molecule has 0 amide bonds. The Morgan fingerprint density at radius 2 is 2.31 bits per heavy atom. The van der Waals surface area contributed by atoms with Crippen LogP contribution in [0.2, 0.25) is 0 Å². The molecule has 1 aliphatic rings. The van der Waals surface area contributed by atoms with Crippen LogP contribution in [0.25, 0.3) is 0 Å². The summed E-state index contributed by atoms with van der Waals surface area (Å²) in [6.07, 6.45) is 4.13. The van der Waals surface area contributed by atoms with Crippen molar-refractivity contribution in [1.29, 1.82) is 0 Å². The van der Waals surface area contributed by atoms with Gasteiger partial charge in [0.25, 0.3) is 0 Å². The van der Waals surface area contributed by atoms with E-state index >= 15 is 0 Å². The third-order valence-corrected chi connectivity index (χ3v) is 2.47. The molecule has 1 saturated heterocycles. The summed E-state index contributed by atoms with van der Waals surface area (Å²) in [6.45, 7) is 7.15. The van der Waals surface area contributed by atoms with Gasteiger partial charge >= 0.3 is 0 Å². The number of rotatable bonds is 6. The van der Waals surface area contributed by atoms with E-state index in [1.54, 1.807) is 0 Å². The van der Waals surface area contributed by atoms with Crippen LogP contribution in [0.1, 0.15) is 26.2 Å². The van der Waals surface area contributed by atoms with Crippen molar-refractivity contribution in [3.05, 3.63) is 0 Å². The molecule has 0 bridgehead atoms. The predicted octanol–water partition coefficient (Wildman–Crippen LogP) is 0.836. The molecule has 1 heterocycles. The summed E-state index contributed by atoms with van der Waals surface area (Å²) in [5.74, 6) is 0. The monoisotopic (exact) mass is 186 g/mol. The van der Waals surface area contributed by atoms with E-state index in [2.05, 4.69) is 11.8 Å². The van der Waals surface area contributed by atoms with Gasteiger partial charge in [-0.1, -0.05) is 6.92 Å². The SMILES string of the molecule is CCCN(CCN)CC1CCCO1. The van der Waals surface area contributed by atoms with Crippen molar-refractivity contribution >= 4 is 0 Å². The van der Waals surface area contributed by atoms with Gasteiger partial charge in [-0.2, -0.15) is 0 Å². The first-order valence-corrected chi connectivity index (χ1v) is 5.40. The lowest BCUT2D eigenvalue weighted by atomic mass is 10.2. The molecule has 3 heteroatoms. The number of ether oxygens (including phenoxy) is 1. The molecule has 0 radical (unpaired) electrons. The zero-order chi connectivity index (χ0) is 9.52. The molecule has 1 aliphatic heterocycles. The highest BCUT2D eigenvalue weighted by atomic mass is 16.5. The van der Waals surface area contributed by atoms with Crippen molar-refractivity contribution < 1.29 is 4.74 Å². The quantitative estimate of drug-likeness (QED) is 0.668. The van der Waals surface area contributed by atoms with Crippen LogP contribution in [0.5, 0.6) is 0 Å². The Morgan fingerprint density at radius 1 is 1.46 bits per heavy atom. The Balaban J connectivity index is 2.19. The topological polar surface area (TPSA) is 38.5 Å². The lowest BCUT2D eigenvalue weighted by Crippen LogP contribution is -2.36. The second kappa shape index (κ2) is 6.35. The molecular formula is C10H22N2O. The summed E-state index contributed by atoms with van der Waals surface area (Å²) < 4.78 is 5.59. The molecule has 0 aromatic heterocycles. The van der Waals surface area contributed by atoms with Gasteiger partial charge in [-0.15, -0.1) is 0 Å². The number of nitrogens with two attached hydrogens (primary N) is 1. The first-order valence-electron chi connectivity index (χ1n) is 5.40. The third-order valence-electron chi connectivity index (χ3n) is 2.47. The number of hydrogen-bond acceptors (Lipinski definition) is 3. The fourth-order valence-electron chi connectivity index (χ4n) is 1.87. The maximum atomic E-state index is 5.59. The van der Waals surface area contributed by atoms with Crippen molar-refractivity contribution in [2.75, 3.05) is 32.8 Å². The fourth-order valence-corrected chi connectivity index (χ4v) is 1.87. The van der Waals surface area contributed by atoms with Gasteiger partial charge in [0.15, 0.2) is 0 Å².